The Hall–Kier alpha value is -3.21. The Morgan fingerprint density at radius 2 is 1.61 bits per heavy atom. The molecule has 0 aromatic heterocycles. The summed E-state index contributed by atoms with van der Waals surface area (Å²) in [6.45, 7) is -0.103. The second-order valence-electron chi connectivity index (χ2n) is 7.59. The van der Waals surface area contributed by atoms with E-state index in [1.54, 1.807) is 48.5 Å². The molecule has 1 aliphatic heterocycles. The monoisotopic (exact) mass is 373 g/mol. The largest absolute Gasteiger partial charge is 0.485 e. The molecular weight excluding hydrogens is 354 g/mol. The average Bonchev–Trinajstić information content (AvgIpc) is 3.41. The van der Waals surface area contributed by atoms with Crippen LogP contribution in [0.4, 0.5) is 5.69 Å². The predicted octanol–water partition coefficient (Wildman–Crippen LogP) is 3.26. The molecule has 1 heterocycles. The zero-order valence-electron chi connectivity index (χ0n) is 15.2. The summed E-state index contributed by atoms with van der Waals surface area (Å²) in [6, 6.07) is 15.8. The number of anilines is 1. The Bertz CT molecular complexity index is 967. The van der Waals surface area contributed by atoms with Crippen LogP contribution in [0.3, 0.4) is 0 Å². The molecule has 140 valence electrons. The van der Waals surface area contributed by atoms with Gasteiger partial charge in [-0.25, -0.2) is 4.90 Å². The normalized spacial score (nSPS) is 27.4. The number of fused-ring (bicyclic) bond motifs is 5. The number of imide groups is 1. The molecule has 28 heavy (non-hydrogen) atoms. The van der Waals surface area contributed by atoms with Gasteiger partial charge in [0.25, 0.3) is 0 Å². The zero-order chi connectivity index (χ0) is 19.3. The van der Waals surface area contributed by atoms with Gasteiger partial charge in [-0.1, -0.05) is 48.6 Å². The highest BCUT2D eigenvalue weighted by atomic mass is 16.5. The van der Waals surface area contributed by atoms with E-state index < -0.39 is 0 Å². The molecule has 2 fully saturated rings. The summed E-state index contributed by atoms with van der Waals surface area (Å²) in [5.74, 6) is -0.0111. The third-order valence-corrected chi connectivity index (χ3v) is 6.01. The Kier molecular flexibility index (Phi) is 3.90. The van der Waals surface area contributed by atoms with E-state index in [2.05, 4.69) is 12.2 Å². The number of allylic oxidation sites excluding steroid dienone is 2. The summed E-state index contributed by atoms with van der Waals surface area (Å²) in [4.78, 5) is 39.4. The predicted molar refractivity (Wildman–Crippen MR) is 103 cm³/mol. The Morgan fingerprint density at radius 3 is 2.29 bits per heavy atom. The van der Waals surface area contributed by atoms with Crippen LogP contribution in [0.1, 0.15) is 16.8 Å². The fourth-order valence-electron chi connectivity index (χ4n) is 4.73. The maximum Gasteiger partial charge on any atom is 0.238 e. The van der Waals surface area contributed by atoms with E-state index in [0.29, 0.717) is 17.0 Å². The highest BCUT2D eigenvalue weighted by Gasteiger charge is 2.59. The minimum absolute atomic E-state index is 0.103. The molecule has 2 aromatic rings. The van der Waals surface area contributed by atoms with Gasteiger partial charge in [-0.05, 0) is 30.4 Å². The fraction of sp³-hybridized carbons (Fsp3) is 0.261. The van der Waals surface area contributed by atoms with Crippen LogP contribution in [-0.4, -0.2) is 24.2 Å². The summed E-state index contributed by atoms with van der Waals surface area (Å²) < 4.78 is 5.63. The quantitative estimate of drug-likeness (QED) is 0.458. The van der Waals surface area contributed by atoms with Gasteiger partial charge in [0.2, 0.25) is 11.8 Å². The number of carbonyl (C=O) groups excluding carboxylic acids is 3. The van der Waals surface area contributed by atoms with E-state index in [4.69, 9.17) is 4.74 Å². The van der Waals surface area contributed by atoms with Crippen molar-refractivity contribution in [1.29, 1.82) is 0 Å². The minimum atomic E-state index is -0.230. The van der Waals surface area contributed by atoms with Crippen molar-refractivity contribution in [2.45, 2.75) is 6.42 Å². The Morgan fingerprint density at radius 1 is 0.929 bits per heavy atom. The van der Waals surface area contributed by atoms with E-state index >= 15 is 0 Å². The number of nitrogens with zero attached hydrogens (tertiary/aromatic N) is 1. The lowest BCUT2D eigenvalue weighted by Gasteiger charge is -2.18. The van der Waals surface area contributed by atoms with Crippen LogP contribution in [0.25, 0.3) is 0 Å². The Balaban J connectivity index is 1.33. The van der Waals surface area contributed by atoms with Crippen LogP contribution in [0.5, 0.6) is 5.75 Å². The topological polar surface area (TPSA) is 63.7 Å². The van der Waals surface area contributed by atoms with Crippen molar-refractivity contribution < 1.29 is 19.1 Å². The molecule has 4 atom stereocenters. The van der Waals surface area contributed by atoms with Gasteiger partial charge in [0.1, 0.15) is 5.75 Å². The van der Waals surface area contributed by atoms with Gasteiger partial charge in [0, 0.05) is 11.6 Å². The Labute approximate surface area is 162 Å². The van der Waals surface area contributed by atoms with Crippen LogP contribution < -0.4 is 9.64 Å². The molecule has 2 aliphatic carbocycles. The molecule has 2 aromatic carbocycles. The van der Waals surface area contributed by atoms with Crippen LogP contribution >= 0.6 is 0 Å². The standard InChI is InChI=1S/C23H19NO4/c25-19(14-5-2-1-3-6-14)13-28-18-8-4-7-17(12-18)24-22(26)20-15-9-10-16(11-15)21(20)23(24)27/h1-10,12,15-16,20-21H,11,13H2/t15-,16-,20+,21+/m1/s1. The van der Waals surface area contributed by atoms with Crippen molar-refractivity contribution in [3.8, 4) is 5.75 Å². The SMILES string of the molecule is O=C(COc1cccc(N2C(=O)[C@@H]3[C@@H](C2=O)[C@@H]2C=C[C@@H]3C2)c1)c1ccccc1. The molecule has 1 saturated heterocycles. The van der Waals surface area contributed by atoms with Gasteiger partial charge in [-0.15, -0.1) is 0 Å². The molecule has 2 amide bonds. The van der Waals surface area contributed by atoms with Crippen molar-refractivity contribution in [3.05, 3.63) is 72.3 Å². The van der Waals surface area contributed by atoms with Gasteiger partial charge < -0.3 is 4.74 Å². The lowest BCUT2D eigenvalue weighted by atomic mass is 9.85. The first kappa shape index (κ1) is 16.9. The van der Waals surface area contributed by atoms with Crippen molar-refractivity contribution in [1.82, 2.24) is 0 Å². The van der Waals surface area contributed by atoms with Crippen molar-refractivity contribution in [3.63, 3.8) is 0 Å². The van der Waals surface area contributed by atoms with Crippen LogP contribution in [0.15, 0.2) is 66.7 Å². The van der Waals surface area contributed by atoms with Crippen LogP contribution in [0, 0.1) is 23.7 Å². The number of hydrogen-bond acceptors (Lipinski definition) is 4. The second kappa shape index (κ2) is 6.44. The molecule has 0 unspecified atom stereocenters. The first-order valence-electron chi connectivity index (χ1n) is 9.51. The number of rotatable bonds is 5. The van der Waals surface area contributed by atoms with Gasteiger partial charge in [-0.3, -0.25) is 14.4 Å². The molecule has 5 heteroatoms. The number of carbonyl (C=O) groups is 3. The van der Waals surface area contributed by atoms with E-state index in [1.165, 1.54) is 4.90 Å². The number of hydrogen-bond donors (Lipinski definition) is 0. The number of ether oxygens (including phenoxy) is 1. The van der Waals surface area contributed by atoms with E-state index in [1.807, 2.05) is 6.07 Å². The molecule has 0 spiro atoms. The van der Waals surface area contributed by atoms with Gasteiger partial charge in [0.05, 0.1) is 17.5 Å². The van der Waals surface area contributed by atoms with E-state index in [9.17, 15) is 14.4 Å². The average molecular weight is 373 g/mol. The highest BCUT2D eigenvalue weighted by molar-refractivity contribution is 6.22. The molecule has 3 aliphatic rings. The lowest BCUT2D eigenvalue weighted by molar-refractivity contribution is -0.123. The summed E-state index contributed by atoms with van der Waals surface area (Å²) >= 11 is 0. The van der Waals surface area contributed by atoms with Crippen molar-refractivity contribution in [2.75, 3.05) is 11.5 Å². The number of ketones is 1. The summed E-state index contributed by atoms with van der Waals surface area (Å²) in [5.41, 5.74) is 1.09. The van der Waals surface area contributed by atoms with E-state index in [0.717, 1.165) is 6.42 Å². The first-order valence-corrected chi connectivity index (χ1v) is 9.51. The lowest BCUT2D eigenvalue weighted by Crippen LogP contribution is -2.32. The molecule has 0 radical (unpaired) electrons. The maximum absolute atomic E-state index is 12.9. The summed E-state index contributed by atoms with van der Waals surface area (Å²) in [7, 11) is 0. The second-order valence-corrected chi connectivity index (χ2v) is 7.59. The smallest absolute Gasteiger partial charge is 0.238 e. The molecular formula is C23H19NO4. The molecule has 2 bridgehead atoms. The van der Waals surface area contributed by atoms with Crippen molar-refractivity contribution >= 4 is 23.3 Å². The third-order valence-electron chi connectivity index (χ3n) is 6.01. The number of benzene rings is 2. The van der Waals surface area contributed by atoms with E-state index in [-0.39, 0.29) is 47.9 Å². The fourth-order valence-corrected chi connectivity index (χ4v) is 4.73. The zero-order valence-corrected chi connectivity index (χ0v) is 15.2. The van der Waals surface area contributed by atoms with Gasteiger partial charge in [-0.2, -0.15) is 0 Å². The summed E-state index contributed by atoms with van der Waals surface area (Å²) in [6.07, 6.45) is 5.07. The number of Topliss-reactive ketones (excluding diaryl/α,β-unsaturated/α-hetero) is 1. The molecule has 5 nitrogen and oxygen atoms in total. The van der Waals surface area contributed by atoms with Crippen LogP contribution in [-0.2, 0) is 9.59 Å². The molecule has 5 rings (SSSR count). The third kappa shape index (κ3) is 2.58. The first-order chi connectivity index (χ1) is 13.6. The van der Waals surface area contributed by atoms with Gasteiger partial charge >= 0.3 is 0 Å². The maximum atomic E-state index is 12.9. The summed E-state index contributed by atoms with van der Waals surface area (Å²) in [5, 5.41) is 0. The van der Waals surface area contributed by atoms with Crippen molar-refractivity contribution in [2.24, 2.45) is 23.7 Å². The minimum Gasteiger partial charge on any atom is -0.485 e. The van der Waals surface area contributed by atoms with Gasteiger partial charge in [0.15, 0.2) is 12.4 Å². The molecule has 0 N–H and O–H groups in total. The molecule has 1 saturated carbocycles. The highest BCUT2D eigenvalue weighted by Crippen LogP contribution is 2.53. The number of amides is 2. The van der Waals surface area contributed by atoms with Crippen LogP contribution in [0.2, 0.25) is 0 Å².